The van der Waals surface area contributed by atoms with Gasteiger partial charge in [0.25, 0.3) is 5.91 Å². The lowest BCUT2D eigenvalue weighted by atomic mass is 10.1. The molecule has 1 amide bonds. The van der Waals surface area contributed by atoms with Crippen molar-refractivity contribution in [2.24, 2.45) is 5.10 Å². The molecule has 0 aliphatic rings. The Bertz CT molecular complexity index is 646. The number of hydrogen-bond acceptors (Lipinski definition) is 3. The van der Waals surface area contributed by atoms with Crippen LogP contribution >= 0.6 is 0 Å². The molecule has 0 aliphatic heterocycles. The van der Waals surface area contributed by atoms with Crippen molar-refractivity contribution in [2.75, 3.05) is 0 Å². The molecule has 0 bridgehead atoms. The zero-order valence-corrected chi connectivity index (χ0v) is 11.4. The topological polar surface area (TPSA) is 61.7 Å². The average molecular weight is 268 g/mol. The number of rotatable bonds is 3. The van der Waals surface area contributed by atoms with E-state index in [1.54, 1.807) is 37.3 Å². The Balaban J connectivity index is 2.11. The summed E-state index contributed by atoms with van der Waals surface area (Å²) >= 11 is 0. The number of carbonyl (C=O) groups is 1. The van der Waals surface area contributed by atoms with E-state index in [1.165, 1.54) is 0 Å². The van der Waals surface area contributed by atoms with E-state index in [-0.39, 0.29) is 11.7 Å². The fourth-order valence-corrected chi connectivity index (χ4v) is 1.79. The normalized spacial score (nSPS) is 11.2. The third kappa shape index (κ3) is 3.23. The van der Waals surface area contributed by atoms with Crippen LogP contribution in [0.4, 0.5) is 0 Å². The Morgan fingerprint density at radius 3 is 2.40 bits per heavy atom. The summed E-state index contributed by atoms with van der Waals surface area (Å²) in [5.41, 5.74) is 5.56. The van der Waals surface area contributed by atoms with Crippen molar-refractivity contribution in [2.45, 2.75) is 13.8 Å². The highest BCUT2D eigenvalue weighted by Crippen LogP contribution is 2.10. The van der Waals surface area contributed by atoms with Crippen LogP contribution in [0.25, 0.3) is 0 Å². The first-order valence-corrected chi connectivity index (χ1v) is 6.27. The Morgan fingerprint density at radius 1 is 1.10 bits per heavy atom. The summed E-state index contributed by atoms with van der Waals surface area (Å²) in [6.07, 6.45) is 0. The Hall–Kier alpha value is -2.62. The first-order valence-electron chi connectivity index (χ1n) is 6.27. The summed E-state index contributed by atoms with van der Waals surface area (Å²) in [6.45, 7) is 3.68. The molecule has 0 heterocycles. The minimum atomic E-state index is -0.235. The van der Waals surface area contributed by atoms with Gasteiger partial charge < -0.3 is 5.11 Å². The number of phenols is 1. The number of hydrazone groups is 1. The maximum atomic E-state index is 12.0. The predicted octanol–water partition coefficient (Wildman–Crippen LogP) is 2.85. The van der Waals surface area contributed by atoms with Gasteiger partial charge in [0.1, 0.15) is 5.75 Å². The van der Waals surface area contributed by atoms with Gasteiger partial charge in [0.15, 0.2) is 0 Å². The van der Waals surface area contributed by atoms with Crippen LogP contribution in [-0.2, 0) is 0 Å². The molecule has 0 unspecified atom stereocenters. The molecule has 0 spiro atoms. The molecule has 0 aromatic heterocycles. The van der Waals surface area contributed by atoms with Crippen LogP contribution in [0.15, 0.2) is 53.6 Å². The maximum Gasteiger partial charge on any atom is 0.271 e. The van der Waals surface area contributed by atoms with E-state index in [2.05, 4.69) is 10.5 Å². The number of hydrogen-bond donors (Lipinski definition) is 2. The molecule has 0 fully saturated rings. The Morgan fingerprint density at radius 2 is 1.75 bits per heavy atom. The van der Waals surface area contributed by atoms with Gasteiger partial charge in [0, 0.05) is 5.56 Å². The first kappa shape index (κ1) is 13.8. The van der Waals surface area contributed by atoms with Crippen molar-refractivity contribution in [1.29, 1.82) is 0 Å². The van der Waals surface area contributed by atoms with E-state index in [9.17, 15) is 9.90 Å². The molecule has 2 aromatic rings. The number of nitrogens with zero attached hydrogens (tertiary/aromatic N) is 1. The van der Waals surface area contributed by atoms with Crippen LogP contribution < -0.4 is 5.43 Å². The highest BCUT2D eigenvalue weighted by Gasteiger charge is 2.07. The third-order valence-electron chi connectivity index (χ3n) is 3.00. The van der Waals surface area contributed by atoms with Gasteiger partial charge >= 0.3 is 0 Å². The number of carbonyl (C=O) groups excluding carboxylic acids is 1. The maximum absolute atomic E-state index is 12.0. The van der Waals surface area contributed by atoms with E-state index in [4.69, 9.17) is 0 Å². The van der Waals surface area contributed by atoms with Gasteiger partial charge in [-0.05, 0) is 55.3 Å². The molecular weight excluding hydrogens is 252 g/mol. The number of benzene rings is 2. The van der Waals surface area contributed by atoms with Gasteiger partial charge in [-0.15, -0.1) is 0 Å². The number of aromatic hydroxyl groups is 1. The largest absolute Gasteiger partial charge is 0.508 e. The molecular formula is C16H16N2O2. The molecule has 2 rings (SSSR count). The predicted molar refractivity (Wildman–Crippen MR) is 79.0 cm³/mol. The van der Waals surface area contributed by atoms with E-state index in [0.29, 0.717) is 11.3 Å². The van der Waals surface area contributed by atoms with Crippen LogP contribution in [-0.4, -0.2) is 16.7 Å². The molecule has 2 aromatic carbocycles. The smallest absolute Gasteiger partial charge is 0.271 e. The second-order valence-corrected chi connectivity index (χ2v) is 4.50. The molecule has 0 radical (unpaired) electrons. The van der Waals surface area contributed by atoms with Crippen molar-refractivity contribution < 1.29 is 9.90 Å². The lowest BCUT2D eigenvalue weighted by Gasteiger charge is -2.05. The van der Waals surface area contributed by atoms with Crippen LogP contribution in [0.3, 0.4) is 0 Å². The van der Waals surface area contributed by atoms with Gasteiger partial charge in [-0.2, -0.15) is 5.10 Å². The highest BCUT2D eigenvalue weighted by atomic mass is 16.3. The molecule has 0 saturated heterocycles. The molecule has 20 heavy (non-hydrogen) atoms. The molecule has 2 N–H and O–H groups in total. The number of amides is 1. The van der Waals surface area contributed by atoms with Crippen molar-refractivity contribution in [3.8, 4) is 5.75 Å². The quantitative estimate of drug-likeness (QED) is 0.664. The van der Waals surface area contributed by atoms with Crippen molar-refractivity contribution in [3.05, 3.63) is 65.2 Å². The molecule has 0 aliphatic carbocycles. The molecule has 102 valence electrons. The SMILES string of the molecule is C/C(=N\NC(=O)c1ccccc1C)c1ccc(O)cc1. The van der Waals surface area contributed by atoms with Crippen LogP contribution in [0, 0.1) is 6.92 Å². The van der Waals surface area contributed by atoms with Crippen LogP contribution in [0.1, 0.15) is 28.4 Å². The molecule has 4 heteroatoms. The minimum Gasteiger partial charge on any atom is -0.508 e. The summed E-state index contributed by atoms with van der Waals surface area (Å²) in [5, 5.41) is 13.3. The van der Waals surface area contributed by atoms with Crippen molar-refractivity contribution in [1.82, 2.24) is 5.43 Å². The number of nitrogens with one attached hydrogen (secondary N) is 1. The van der Waals surface area contributed by atoms with Crippen LogP contribution in [0.2, 0.25) is 0 Å². The fourth-order valence-electron chi connectivity index (χ4n) is 1.79. The number of phenolic OH excluding ortho intramolecular Hbond substituents is 1. The van der Waals surface area contributed by atoms with Crippen LogP contribution in [0.5, 0.6) is 5.75 Å². The lowest BCUT2D eigenvalue weighted by Crippen LogP contribution is -2.20. The van der Waals surface area contributed by atoms with Gasteiger partial charge in [-0.1, -0.05) is 18.2 Å². The highest BCUT2D eigenvalue weighted by molar-refractivity contribution is 6.01. The van der Waals surface area contributed by atoms with E-state index in [1.807, 2.05) is 25.1 Å². The van der Waals surface area contributed by atoms with Gasteiger partial charge in [0.05, 0.1) is 5.71 Å². The van der Waals surface area contributed by atoms with Gasteiger partial charge in [0.2, 0.25) is 0 Å². The van der Waals surface area contributed by atoms with Gasteiger partial charge in [-0.3, -0.25) is 4.79 Å². The lowest BCUT2D eigenvalue weighted by molar-refractivity contribution is 0.0954. The van der Waals surface area contributed by atoms with Gasteiger partial charge in [-0.25, -0.2) is 5.43 Å². The monoisotopic (exact) mass is 268 g/mol. The third-order valence-corrected chi connectivity index (χ3v) is 3.00. The van der Waals surface area contributed by atoms with E-state index in [0.717, 1.165) is 11.1 Å². The standard InChI is InChI=1S/C16H16N2O2/c1-11-5-3-4-6-15(11)16(20)18-17-12(2)13-7-9-14(19)10-8-13/h3-10,19H,1-2H3,(H,18,20)/b17-12+. The number of aryl methyl sites for hydroxylation is 1. The van der Waals surface area contributed by atoms with Crippen molar-refractivity contribution in [3.63, 3.8) is 0 Å². The van der Waals surface area contributed by atoms with E-state index >= 15 is 0 Å². The summed E-state index contributed by atoms with van der Waals surface area (Å²) in [5.74, 6) is -0.0354. The zero-order valence-electron chi connectivity index (χ0n) is 11.4. The first-order chi connectivity index (χ1) is 9.58. The zero-order chi connectivity index (χ0) is 14.5. The fraction of sp³-hybridized carbons (Fsp3) is 0.125. The summed E-state index contributed by atoms with van der Waals surface area (Å²) < 4.78 is 0. The van der Waals surface area contributed by atoms with E-state index < -0.39 is 0 Å². The Kier molecular flexibility index (Phi) is 4.15. The minimum absolute atomic E-state index is 0.200. The molecule has 0 atom stereocenters. The second kappa shape index (κ2) is 6.02. The summed E-state index contributed by atoms with van der Waals surface area (Å²) in [4.78, 5) is 12.0. The summed E-state index contributed by atoms with van der Waals surface area (Å²) in [6, 6.07) is 14.0. The molecule has 0 saturated carbocycles. The molecule has 4 nitrogen and oxygen atoms in total. The summed E-state index contributed by atoms with van der Waals surface area (Å²) in [7, 11) is 0. The second-order valence-electron chi connectivity index (χ2n) is 4.50. The van der Waals surface area contributed by atoms with Crippen molar-refractivity contribution >= 4 is 11.6 Å². The average Bonchev–Trinajstić information content (AvgIpc) is 2.45. The Labute approximate surface area is 117 Å².